The van der Waals surface area contributed by atoms with Crippen molar-refractivity contribution >= 4 is 29.1 Å². The molecule has 0 fully saturated rings. The highest BCUT2D eigenvalue weighted by Gasteiger charge is 2.16. The number of hydrogen-bond acceptors (Lipinski definition) is 4. The van der Waals surface area contributed by atoms with E-state index in [4.69, 9.17) is 27.7 Å². The fourth-order valence-corrected chi connectivity index (χ4v) is 3.32. The first-order chi connectivity index (χ1) is 13.0. The number of rotatable bonds is 6. The van der Waals surface area contributed by atoms with Crippen LogP contribution in [0.3, 0.4) is 0 Å². The average Bonchev–Trinajstić information content (AvgIpc) is 3.09. The van der Waals surface area contributed by atoms with Gasteiger partial charge in [0.1, 0.15) is 0 Å². The third-order valence-electron chi connectivity index (χ3n) is 4.30. The minimum absolute atomic E-state index is 0.0540. The van der Waals surface area contributed by atoms with Crippen molar-refractivity contribution in [3.63, 3.8) is 0 Å². The quantitative estimate of drug-likeness (QED) is 0.584. The second-order valence-corrected chi connectivity index (χ2v) is 7.09. The van der Waals surface area contributed by atoms with Gasteiger partial charge in [-0.05, 0) is 36.6 Å². The van der Waals surface area contributed by atoms with Gasteiger partial charge in [-0.1, -0.05) is 58.7 Å². The molecule has 0 N–H and O–H groups in total. The maximum Gasteiger partial charge on any atom is 0.246 e. The lowest BCUT2D eigenvalue weighted by molar-refractivity contribution is -0.130. The molecule has 0 spiro atoms. The average molecular weight is 404 g/mol. The van der Waals surface area contributed by atoms with Crippen LogP contribution in [0.5, 0.6) is 0 Å². The molecule has 1 aromatic heterocycles. The Morgan fingerprint density at radius 2 is 1.81 bits per heavy atom. The highest BCUT2D eigenvalue weighted by atomic mass is 35.5. The van der Waals surface area contributed by atoms with Crippen molar-refractivity contribution in [3.8, 4) is 11.4 Å². The molecule has 0 aliphatic carbocycles. The summed E-state index contributed by atoms with van der Waals surface area (Å²) in [5.74, 6) is 0.855. The monoisotopic (exact) mass is 403 g/mol. The van der Waals surface area contributed by atoms with Crippen molar-refractivity contribution in [2.24, 2.45) is 0 Å². The van der Waals surface area contributed by atoms with Crippen LogP contribution in [0.1, 0.15) is 23.4 Å². The number of nitrogens with zero attached hydrogens (tertiary/aromatic N) is 3. The fraction of sp³-hybridized carbons (Fsp3) is 0.250. The van der Waals surface area contributed by atoms with Gasteiger partial charge in [0.05, 0.1) is 6.54 Å². The lowest BCUT2D eigenvalue weighted by Gasteiger charge is -2.15. The van der Waals surface area contributed by atoms with Gasteiger partial charge in [0, 0.05) is 29.1 Å². The van der Waals surface area contributed by atoms with Crippen LogP contribution in [-0.4, -0.2) is 28.0 Å². The Morgan fingerprint density at radius 1 is 1.11 bits per heavy atom. The van der Waals surface area contributed by atoms with Gasteiger partial charge in [-0.25, -0.2) is 0 Å². The lowest BCUT2D eigenvalue weighted by Crippen LogP contribution is -2.26. The van der Waals surface area contributed by atoms with Crippen LogP contribution < -0.4 is 0 Å². The molecule has 1 heterocycles. The molecule has 0 aliphatic rings. The summed E-state index contributed by atoms with van der Waals surface area (Å²) in [4.78, 5) is 18.4. The van der Waals surface area contributed by atoms with Crippen molar-refractivity contribution in [3.05, 3.63) is 69.5 Å². The maximum atomic E-state index is 12.4. The summed E-state index contributed by atoms with van der Waals surface area (Å²) >= 11 is 12.3. The number of hydrogen-bond donors (Lipinski definition) is 0. The highest BCUT2D eigenvalue weighted by molar-refractivity contribution is 6.36. The van der Waals surface area contributed by atoms with E-state index < -0.39 is 0 Å². The molecule has 3 rings (SSSR count). The van der Waals surface area contributed by atoms with Gasteiger partial charge >= 0.3 is 0 Å². The molecule has 7 heteroatoms. The topological polar surface area (TPSA) is 59.2 Å². The van der Waals surface area contributed by atoms with Crippen molar-refractivity contribution in [1.29, 1.82) is 0 Å². The molecule has 0 saturated heterocycles. The molecular formula is C20H19Cl2N3O2. The lowest BCUT2D eigenvalue weighted by atomic mass is 10.1. The number of amides is 1. The van der Waals surface area contributed by atoms with E-state index in [1.54, 1.807) is 30.1 Å². The zero-order chi connectivity index (χ0) is 19.4. The van der Waals surface area contributed by atoms with Gasteiger partial charge in [0.15, 0.2) is 0 Å². The molecule has 140 valence electrons. The van der Waals surface area contributed by atoms with Crippen molar-refractivity contribution in [1.82, 2.24) is 15.0 Å². The summed E-state index contributed by atoms with van der Waals surface area (Å²) in [6.07, 6.45) is 0.763. The molecule has 0 radical (unpaired) electrons. The predicted molar refractivity (Wildman–Crippen MR) is 106 cm³/mol. The summed E-state index contributed by atoms with van der Waals surface area (Å²) < 4.78 is 5.30. The van der Waals surface area contributed by atoms with Crippen molar-refractivity contribution < 1.29 is 9.32 Å². The van der Waals surface area contributed by atoms with Gasteiger partial charge in [0.25, 0.3) is 0 Å². The Labute approximate surface area is 167 Å². The molecule has 2 aromatic carbocycles. The third kappa shape index (κ3) is 4.67. The summed E-state index contributed by atoms with van der Waals surface area (Å²) in [5.41, 5.74) is 2.75. The first-order valence-electron chi connectivity index (χ1n) is 8.51. The van der Waals surface area contributed by atoms with E-state index in [1.165, 1.54) is 0 Å². The molecule has 1 amide bonds. The summed E-state index contributed by atoms with van der Waals surface area (Å²) in [6.45, 7) is 2.23. The Balaban J connectivity index is 1.61. The molecule has 0 bridgehead atoms. The van der Waals surface area contributed by atoms with Gasteiger partial charge < -0.3 is 9.42 Å². The molecule has 5 nitrogen and oxygen atoms in total. The van der Waals surface area contributed by atoms with Crippen LogP contribution in [0.15, 0.2) is 47.0 Å². The highest BCUT2D eigenvalue weighted by Crippen LogP contribution is 2.26. The molecule has 27 heavy (non-hydrogen) atoms. The Hall–Kier alpha value is -2.37. The fourth-order valence-electron chi connectivity index (χ4n) is 2.74. The van der Waals surface area contributed by atoms with E-state index in [2.05, 4.69) is 10.1 Å². The maximum absolute atomic E-state index is 12.4. The normalized spacial score (nSPS) is 10.8. The van der Waals surface area contributed by atoms with Gasteiger partial charge in [0.2, 0.25) is 17.6 Å². The van der Waals surface area contributed by atoms with Crippen LogP contribution in [0.2, 0.25) is 10.0 Å². The number of carbonyl (C=O) groups is 1. The van der Waals surface area contributed by atoms with E-state index in [0.717, 1.165) is 16.7 Å². The largest absolute Gasteiger partial charge is 0.337 e. The first kappa shape index (κ1) is 19.4. The molecule has 3 aromatic rings. The van der Waals surface area contributed by atoms with E-state index in [0.29, 0.717) is 34.6 Å². The number of benzene rings is 2. The number of aryl methyl sites for hydroxylation is 1. The van der Waals surface area contributed by atoms with Crippen LogP contribution in [0.4, 0.5) is 0 Å². The SMILES string of the molecule is Cc1ccccc1-c1noc(CN(C)C(=O)CCc2c(Cl)cccc2Cl)n1. The van der Waals surface area contributed by atoms with E-state index in [9.17, 15) is 4.79 Å². The molecular weight excluding hydrogens is 385 g/mol. The minimum atomic E-state index is -0.0540. The number of halogens is 2. The Kier molecular flexibility index (Phi) is 6.14. The zero-order valence-electron chi connectivity index (χ0n) is 15.1. The minimum Gasteiger partial charge on any atom is -0.337 e. The zero-order valence-corrected chi connectivity index (χ0v) is 16.6. The number of carbonyl (C=O) groups excluding carboxylic acids is 1. The molecule has 0 aliphatic heterocycles. The second-order valence-electron chi connectivity index (χ2n) is 6.28. The van der Waals surface area contributed by atoms with Gasteiger partial charge in [-0.2, -0.15) is 4.98 Å². The van der Waals surface area contributed by atoms with Crippen molar-refractivity contribution in [2.75, 3.05) is 7.05 Å². The predicted octanol–water partition coefficient (Wildman–Crippen LogP) is 4.94. The summed E-state index contributed by atoms with van der Waals surface area (Å²) in [5, 5.41) is 5.15. The summed E-state index contributed by atoms with van der Waals surface area (Å²) in [7, 11) is 1.70. The van der Waals surface area contributed by atoms with E-state index >= 15 is 0 Å². The van der Waals surface area contributed by atoms with Crippen molar-refractivity contribution in [2.45, 2.75) is 26.3 Å². The Morgan fingerprint density at radius 3 is 2.52 bits per heavy atom. The van der Waals surface area contributed by atoms with Crippen LogP contribution >= 0.6 is 23.2 Å². The van der Waals surface area contributed by atoms with E-state index in [-0.39, 0.29) is 12.5 Å². The standard InChI is InChI=1S/C20H19Cl2N3O2/c1-13-6-3-4-7-14(13)20-23-18(27-24-20)12-25(2)19(26)11-10-15-16(21)8-5-9-17(15)22/h3-9H,10-12H2,1-2H3. The first-order valence-corrected chi connectivity index (χ1v) is 9.26. The number of aromatic nitrogens is 2. The van der Waals surface area contributed by atoms with Gasteiger partial charge in [-0.3, -0.25) is 4.79 Å². The van der Waals surface area contributed by atoms with Crippen LogP contribution in [0.25, 0.3) is 11.4 Å². The third-order valence-corrected chi connectivity index (χ3v) is 5.01. The molecule has 0 atom stereocenters. The smallest absolute Gasteiger partial charge is 0.246 e. The Bertz CT molecular complexity index is 936. The van der Waals surface area contributed by atoms with Crippen LogP contribution in [-0.2, 0) is 17.8 Å². The molecule has 0 unspecified atom stereocenters. The summed E-state index contributed by atoms with van der Waals surface area (Å²) in [6, 6.07) is 13.1. The van der Waals surface area contributed by atoms with Crippen LogP contribution in [0, 0.1) is 6.92 Å². The van der Waals surface area contributed by atoms with Gasteiger partial charge in [-0.15, -0.1) is 0 Å². The second kappa shape index (κ2) is 8.55. The van der Waals surface area contributed by atoms with E-state index in [1.807, 2.05) is 31.2 Å². The molecule has 0 saturated carbocycles.